The van der Waals surface area contributed by atoms with Crippen LogP contribution in [0, 0.1) is 0 Å². The van der Waals surface area contributed by atoms with Gasteiger partial charge in [-0.25, -0.2) is 9.59 Å². The third-order valence-electron chi connectivity index (χ3n) is 8.55. The lowest BCUT2D eigenvalue weighted by Gasteiger charge is -2.06. The number of aromatic carboxylic acids is 2. The van der Waals surface area contributed by atoms with Crippen molar-refractivity contribution in [1.82, 2.24) is 0 Å². The van der Waals surface area contributed by atoms with Crippen LogP contribution in [0.15, 0.2) is 127 Å². The molecule has 9 nitrogen and oxygen atoms in total. The topological polar surface area (TPSA) is 154 Å². The number of aromatic hydroxyl groups is 3. The van der Waals surface area contributed by atoms with Gasteiger partial charge in [0.25, 0.3) is 0 Å². The summed E-state index contributed by atoms with van der Waals surface area (Å²) in [5.41, 5.74) is 7.22. The van der Waals surface area contributed by atoms with Gasteiger partial charge in [0, 0.05) is 5.56 Å². The summed E-state index contributed by atoms with van der Waals surface area (Å²) in [5, 5.41) is 46.6. The molecule has 0 bridgehead atoms. The molecule has 0 fully saturated rings. The van der Waals surface area contributed by atoms with E-state index >= 15 is 0 Å². The molecule has 286 valence electrons. The molecule has 0 unspecified atom stereocenters. The number of phenols is 3. The van der Waals surface area contributed by atoms with Gasteiger partial charge in [0.1, 0.15) is 39.9 Å². The number of ether oxygens (including phenoxy) is 2. The van der Waals surface area contributed by atoms with E-state index in [1.165, 1.54) is 19.2 Å². The van der Waals surface area contributed by atoms with Crippen molar-refractivity contribution in [2.24, 2.45) is 0 Å². The summed E-state index contributed by atoms with van der Waals surface area (Å²) in [7, 11) is 3.08. The maximum Gasteiger partial charge on any atom is 0.339 e. The molecule has 6 aromatic rings. The number of methoxy groups -OCH3 is 2. The van der Waals surface area contributed by atoms with E-state index in [1.807, 2.05) is 109 Å². The molecule has 57 heavy (non-hydrogen) atoms. The van der Waals surface area contributed by atoms with Crippen molar-refractivity contribution < 1.29 is 44.6 Å². The van der Waals surface area contributed by atoms with Gasteiger partial charge in [-0.05, 0) is 93.5 Å². The van der Waals surface area contributed by atoms with E-state index < -0.39 is 11.9 Å². The van der Waals surface area contributed by atoms with Crippen molar-refractivity contribution >= 4 is 60.5 Å². The lowest BCUT2D eigenvalue weighted by atomic mass is 10.1. The van der Waals surface area contributed by atoms with Crippen LogP contribution in [0.1, 0.15) is 65.2 Å². The van der Waals surface area contributed by atoms with Crippen molar-refractivity contribution in [1.29, 1.82) is 0 Å². The van der Waals surface area contributed by atoms with Gasteiger partial charge in [0.05, 0.1) is 14.2 Å². The molecule has 0 aliphatic heterocycles. The molecule has 0 aromatic heterocycles. The Bertz CT molecular complexity index is 2440. The number of benzene rings is 6. The van der Waals surface area contributed by atoms with E-state index in [0.29, 0.717) is 11.3 Å². The molecule has 0 saturated heterocycles. The second-order valence-corrected chi connectivity index (χ2v) is 12.5. The fourth-order valence-corrected chi connectivity index (χ4v) is 5.45. The molecule has 5 N–H and O–H groups in total. The van der Waals surface area contributed by atoms with E-state index in [4.69, 9.17) is 14.6 Å². The van der Waals surface area contributed by atoms with Gasteiger partial charge >= 0.3 is 11.9 Å². The average Bonchev–Trinajstić information content (AvgIpc) is 3.22. The molecule has 0 amide bonds. The number of carboxylic acids is 2. The van der Waals surface area contributed by atoms with Gasteiger partial charge in [0.2, 0.25) is 0 Å². The Kier molecular flexibility index (Phi) is 13.8. The van der Waals surface area contributed by atoms with Crippen LogP contribution in [0.2, 0.25) is 0 Å². The molecule has 0 spiro atoms. The number of hydrogen-bond donors (Lipinski definition) is 5. The second-order valence-electron chi connectivity index (χ2n) is 12.5. The van der Waals surface area contributed by atoms with Crippen LogP contribution in [-0.4, -0.2) is 51.7 Å². The first-order valence-electron chi connectivity index (χ1n) is 17.6. The van der Waals surface area contributed by atoms with E-state index in [0.717, 1.165) is 44.7 Å². The summed E-state index contributed by atoms with van der Waals surface area (Å²) in [6, 6.07) is 37.1. The van der Waals surface area contributed by atoms with Crippen LogP contribution in [0.3, 0.4) is 0 Å². The normalized spacial score (nSPS) is 11.2. The number of rotatable bonds is 12. The highest BCUT2D eigenvalue weighted by Crippen LogP contribution is 2.25. The summed E-state index contributed by atoms with van der Waals surface area (Å²) in [6.45, 7) is 0. The van der Waals surface area contributed by atoms with E-state index in [2.05, 4.69) is 0 Å². The van der Waals surface area contributed by atoms with Crippen molar-refractivity contribution in [3.05, 3.63) is 183 Å². The third-order valence-corrected chi connectivity index (χ3v) is 8.55. The van der Waals surface area contributed by atoms with Crippen LogP contribution in [0.4, 0.5) is 0 Å². The van der Waals surface area contributed by atoms with Crippen molar-refractivity contribution in [3.8, 4) is 28.7 Å². The van der Waals surface area contributed by atoms with Crippen molar-refractivity contribution in [2.45, 2.75) is 0 Å². The lowest BCUT2D eigenvalue weighted by molar-refractivity contribution is 0.0682. The van der Waals surface area contributed by atoms with Crippen LogP contribution >= 0.6 is 0 Å². The summed E-state index contributed by atoms with van der Waals surface area (Å²) in [4.78, 5) is 22.4. The molecule has 0 aliphatic carbocycles. The fourth-order valence-electron chi connectivity index (χ4n) is 5.45. The van der Waals surface area contributed by atoms with Gasteiger partial charge in [-0.3, -0.25) is 0 Å². The lowest BCUT2D eigenvalue weighted by Crippen LogP contribution is -2.00. The maximum absolute atomic E-state index is 11.3. The Labute approximate surface area is 330 Å². The third kappa shape index (κ3) is 11.9. The smallest absolute Gasteiger partial charge is 0.339 e. The van der Waals surface area contributed by atoms with Gasteiger partial charge in [0.15, 0.2) is 0 Å². The predicted octanol–water partition coefficient (Wildman–Crippen LogP) is 10.6. The van der Waals surface area contributed by atoms with Gasteiger partial charge in [-0.1, -0.05) is 121 Å². The summed E-state index contributed by atoms with van der Waals surface area (Å²) in [6.07, 6.45) is 15.3. The molecule has 0 radical (unpaired) electrons. The quantitative estimate of drug-likeness (QED) is 0.0767. The second kappa shape index (κ2) is 19.5. The number of carboxylic acid groups (broad SMARTS) is 2. The Morgan fingerprint density at radius 2 is 0.754 bits per heavy atom. The minimum atomic E-state index is -1.18. The zero-order valence-electron chi connectivity index (χ0n) is 31.1. The highest BCUT2D eigenvalue weighted by molar-refractivity contribution is 5.93. The molecule has 9 heteroatoms. The molecule has 0 aliphatic rings. The maximum atomic E-state index is 11.3. The van der Waals surface area contributed by atoms with Gasteiger partial charge in [-0.2, -0.15) is 0 Å². The van der Waals surface area contributed by atoms with Crippen LogP contribution in [0.25, 0.3) is 48.6 Å². The first-order chi connectivity index (χ1) is 27.5. The Hall–Kier alpha value is -7.78. The highest BCUT2D eigenvalue weighted by atomic mass is 16.4. The fraction of sp³-hybridized carbons (Fsp3) is 0.0417. The molecule has 0 heterocycles. The first-order valence-corrected chi connectivity index (χ1v) is 17.6. The molecule has 0 atom stereocenters. The molecule has 6 aromatic carbocycles. The van der Waals surface area contributed by atoms with Gasteiger partial charge in [-0.15, -0.1) is 0 Å². The average molecular weight is 759 g/mol. The minimum absolute atomic E-state index is 0.102. The number of carbonyl (C=O) groups is 2. The van der Waals surface area contributed by atoms with Crippen LogP contribution in [0.5, 0.6) is 28.7 Å². The Morgan fingerprint density at radius 3 is 1.21 bits per heavy atom. The summed E-state index contributed by atoms with van der Waals surface area (Å²) >= 11 is 0. The monoisotopic (exact) mass is 758 g/mol. The van der Waals surface area contributed by atoms with E-state index in [-0.39, 0.29) is 28.4 Å². The zero-order valence-corrected chi connectivity index (χ0v) is 31.1. The summed E-state index contributed by atoms with van der Waals surface area (Å²) in [5.74, 6) is -0.896. The Balaban J connectivity index is 0.000000221. The molecular weight excluding hydrogens is 719 g/mol. The SMILES string of the molecule is [11CH3]Oc1cc(/C=C/c2ccc(O)cc2)ccc1/C=C/c1ccc(O)cc1.[11CH3]Oc1ccc(/C=C/c2ccc(/C=C/c3ccc(O)c(C(=O)O)c3)cc2)cc1C(=O)O. The van der Waals surface area contributed by atoms with E-state index in [1.54, 1.807) is 61.7 Å². The molecular formula is C48H40O9. The number of phenolic OH excluding ortho intramolecular Hbond substituents is 2. The van der Waals surface area contributed by atoms with Crippen molar-refractivity contribution in [2.75, 3.05) is 14.2 Å². The minimum Gasteiger partial charge on any atom is -0.508 e. The van der Waals surface area contributed by atoms with Crippen LogP contribution in [-0.2, 0) is 0 Å². The zero-order chi connectivity index (χ0) is 40.7. The molecule has 0 saturated carbocycles. The Morgan fingerprint density at radius 1 is 0.404 bits per heavy atom. The summed E-state index contributed by atoms with van der Waals surface area (Å²) < 4.78 is 10.6. The standard InChI is InChI=1S/C25H20O6.C23H20O3/c1-31-23-13-11-19(15-21(23)25(29)30)9-7-17-4-2-16(3-5-17)6-8-18-10-12-22(26)20(14-18)24(27)28;1-26-23-16-19(3-2-17-6-12-21(24)13-7-17)5-11-20(23)10-4-18-8-14-22(25)15-9-18/h2-15,26H,1H3,(H,27,28)(H,29,30);2-16,24-25H,1H3/b8-6+,9-7+;3-2+,10-4+/i2*1-1. The number of hydrogen-bond acceptors (Lipinski definition) is 7. The molecule has 6 rings (SSSR count). The van der Waals surface area contributed by atoms with Crippen molar-refractivity contribution in [3.63, 3.8) is 0 Å². The predicted molar refractivity (Wildman–Crippen MR) is 226 cm³/mol. The highest BCUT2D eigenvalue weighted by Gasteiger charge is 2.11. The van der Waals surface area contributed by atoms with E-state index in [9.17, 15) is 30.0 Å². The van der Waals surface area contributed by atoms with Gasteiger partial charge < -0.3 is 35.0 Å². The first kappa shape index (κ1) is 40.4. The van der Waals surface area contributed by atoms with Crippen LogP contribution < -0.4 is 9.47 Å². The largest absolute Gasteiger partial charge is 0.508 e.